The molecule has 1 aromatic heterocycles. The molecule has 0 aliphatic carbocycles. The third-order valence-corrected chi connectivity index (χ3v) is 2.76. The van der Waals surface area contributed by atoms with Gasteiger partial charge in [-0.25, -0.2) is 4.98 Å². The standard InChI is InChI=1S/C7H6BrN3OS/c1-4(2-9)10-6(12)7-11-5(8)3-13-7/h3-4H,1H3,(H,10,12). The molecule has 68 valence electrons. The Bertz CT molecular complexity index is 357. The van der Waals surface area contributed by atoms with Gasteiger partial charge in [0.25, 0.3) is 5.91 Å². The van der Waals surface area contributed by atoms with Crippen molar-refractivity contribution in [2.45, 2.75) is 13.0 Å². The minimum Gasteiger partial charge on any atom is -0.334 e. The number of nitrogens with one attached hydrogen (secondary N) is 1. The Balaban J connectivity index is 2.65. The molecule has 1 N–H and O–H groups in total. The molecular formula is C7H6BrN3OS. The van der Waals surface area contributed by atoms with Gasteiger partial charge in [0, 0.05) is 5.38 Å². The summed E-state index contributed by atoms with van der Waals surface area (Å²) in [5.74, 6) is -0.315. The second-order valence-electron chi connectivity index (χ2n) is 2.30. The fraction of sp³-hybridized carbons (Fsp3) is 0.286. The number of hydrogen-bond donors (Lipinski definition) is 1. The van der Waals surface area contributed by atoms with E-state index in [4.69, 9.17) is 5.26 Å². The number of thiazole rings is 1. The second kappa shape index (κ2) is 4.35. The van der Waals surface area contributed by atoms with Gasteiger partial charge in [0.05, 0.1) is 6.07 Å². The molecular weight excluding hydrogens is 254 g/mol. The predicted molar refractivity (Wildman–Crippen MR) is 52.4 cm³/mol. The van der Waals surface area contributed by atoms with E-state index in [9.17, 15) is 4.79 Å². The van der Waals surface area contributed by atoms with Gasteiger partial charge in [0.15, 0.2) is 5.01 Å². The first kappa shape index (κ1) is 10.2. The molecule has 0 saturated carbocycles. The minimum absolute atomic E-state index is 0.315. The fourth-order valence-electron chi connectivity index (χ4n) is 0.649. The van der Waals surface area contributed by atoms with Gasteiger partial charge < -0.3 is 5.32 Å². The average Bonchev–Trinajstić information content (AvgIpc) is 2.51. The predicted octanol–water partition coefficient (Wildman–Crippen LogP) is 1.55. The smallest absolute Gasteiger partial charge is 0.281 e. The van der Waals surface area contributed by atoms with Crippen molar-refractivity contribution < 1.29 is 4.79 Å². The topological polar surface area (TPSA) is 65.8 Å². The Kier molecular flexibility index (Phi) is 3.39. The van der Waals surface area contributed by atoms with Gasteiger partial charge >= 0.3 is 0 Å². The van der Waals surface area contributed by atoms with Gasteiger partial charge in [0.1, 0.15) is 10.6 Å². The average molecular weight is 260 g/mol. The number of aromatic nitrogens is 1. The number of rotatable bonds is 2. The molecule has 1 aromatic rings. The molecule has 1 rings (SSSR count). The van der Waals surface area contributed by atoms with Crippen LogP contribution in [0.15, 0.2) is 9.98 Å². The summed E-state index contributed by atoms with van der Waals surface area (Å²) in [7, 11) is 0. The quantitative estimate of drug-likeness (QED) is 0.877. The molecule has 0 radical (unpaired) electrons. The van der Waals surface area contributed by atoms with Gasteiger partial charge in [-0.05, 0) is 22.9 Å². The molecule has 0 aliphatic heterocycles. The van der Waals surface area contributed by atoms with Crippen LogP contribution < -0.4 is 5.32 Å². The first-order valence-corrected chi connectivity index (χ1v) is 5.12. The fourth-order valence-corrected chi connectivity index (χ4v) is 1.80. The molecule has 0 bridgehead atoms. The summed E-state index contributed by atoms with van der Waals surface area (Å²) in [5, 5.41) is 13.0. The van der Waals surface area contributed by atoms with E-state index in [0.29, 0.717) is 9.61 Å². The molecule has 0 fully saturated rings. The van der Waals surface area contributed by atoms with Gasteiger partial charge in [-0.15, -0.1) is 11.3 Å². The lowest BCUT2D eigenvalue weighted by atomic mass is 10.4. The summed E-state index contributed by atoms with van der Waals surface area (Å²) in [6.45, 7) is 1.61. The van der Waals surface area contributed by atoms with Crippen LogP contribution in [-0.2, 0) is 0 Å². The zero-order chi connectivity index (χ0) is 9.84. The van der Waals surface area contributed by atoms with Gasteiger partial charge in [0.2, 0.25) is 0 Å². The molecule has 4 nitrogen and oxygen atoms in total. The van der Waals surface area contributed by atoms with Crippen molar-refractivity contribution in [1.82, 2.24) is 10.3 Å². The van der Waals surface area contributed by atoms with E-state index >= 15 is 0 Å². The zero-order valence-corrected chi connectivity index (χ0v) is 9.15. The molecule has 0 aromatic carbocycles. The Morgan fingerprint density at radius 2 is 2.62 bits per heavy atom. The summed E-state index contributed by atoms with van der Waals surface area (Å²) in [6.07, 6.45) is 0. The Labute approximate surface area is 87.7 Å². The largest absolute Gasteiger partial charge is 0.334 e. The van der Waals surface area contributed by atoms with E-state index in [1.807, 2.05) is 6.07 Å². The van der Waals surface area contributed by atoms with Crippen molar-refractivity contribution in [3.05, 3.63) is 15.0 Å². The molecule has 6 heteroatoms. The van der Waals surface area contributed by atoms with E-state index in [1.165, 1.54) is 11.3 Å². The molecule has 0 spiro atoms. The first-order valence-electron chi connectivity index (χ1n) is 3.45. The van der Waals surface area contributed by atoms with Gasteiger partial charge in [-0.2, -0.15) is 5.26 Å². The van der Waals surface area contributed by atoms with Crippen LogP contribution >= 0.6 is 27.3 Å². The maximum atomic E-state index is 11.3. The lowest BCUT2D eigenvalue weighted by molar-refractivity contribution is 0.0947. The van der Waals surface area contributed by atoms with E-state index in [1.54, 1.807) is 12.3 Å². The highest BCUT2D eigenvalue weighted by molar-refractivity contribution is 9.10. The van der Waals surface area contributed by atoms with Crippen LogP contribution in [0.2, 0.25) is 0 Å². The molecule has 1 amide bonds. The Morgan fingerprint density at radius 1 is 1.92 bits per heavy atom. The van der Waals surface area contributed by atoms with Crippen molar-refractivity contribution in [3.63, 3.8) is 0 Å². The highest BCUT2D eigenvalue weighted by Gasteiger charge is 2.12. The van der Waals surface area contributed by atoms with Crippen molar-refractivity contribution in [2.75, 3.05) is 0 Å². The van der Waals surface area contributed by atoms with Crippen LogP contribution in [0.25, 0.3) is 0 Å². The minimum atomic E-state index is -0.491. The molecule has 1 heterocycles. The summed E-state index contributed by atoms with van der Waals surface area (Å²) >= 11 is 4.37. The van der Waals surface area contributed by atoms with Gasteiger partial charge in [-0.3, -0.25) is 4.79 Å². The maximum Gasteiger partial charge on any atom is 0.281 e. The monoisotopic (exact) mass is 259 g/mol. The van der Waals surface area contributed by atoms with Crippen LogP contribution in [0.5, 0.6) is 0 Å². The van der Waals surface area contributed by atoms with Crippen LogP contribution in [-0.4, -0.2) is 16.9 Å². The number of carbonyl (C=O) groups excluding carboxylic acids is 1. The SMILES string of the molecule is CC(C#N)NC(=O)c1nc(Br)cs1. The van der Waals surface area contributed by atoms with Gasteiger partial charge in [-0.1, -0.05) is 0 Å². The summed E-state index contributed by atoms with van der Waals surface area (Å²) < 4.78 is 0.632. The Morgan fingerprint density at radius 3 is 3.08 bits per heavy atom. The number of carbonyl (C=O) groups is 1. The van der Waals surface area contributed by atoms with Crippen molar-refractivity contribution >= 4 is 33.2 Å². The molecule has 1 atom stereocenters. The number of nitriles is 1. The zero-order valence-electron chi connectivity index (χ0n) is 6.74. The number of amides is 1. The third kappa shape index (κ3) is 2.79. The van der Waals surface area contributed by atoms with Crippen molar-refractivity contribution in [2.24, 2.45) is 0 Å². The molecule has 0 saturated heterocycles. The lowest BCUT2D eigenvalue weighted by Gasteiger charge is -2.02. The van der Waals surface area contributed by atoms with Crippen LogP contribution in [0.3, 0.4) is 0 Å². The van der Waals surface area contributed by atoms with E-state index in [2.05, 4.69) is 26.2 Å². The molecule has 13 heavy (non-hydrogen) atoms. The highest BCUT2D eigenvalue weighted by atomic mass is 79.9. The molecule has 0 aliphatic rings. The van der Waals surface area contributed by atoms with E-state index in [-0.39, 0.29) is 5.91 Å². The van der Waals surface area contributed by atoms with Crippen molar-refractivity contribution in [1.29, 1.82) is 5.26 Å². The van der Waals surface area contributed by atoms with Crippen LogP contribution in [0, 0.1) is 11.3 Å². The number of nitrogens with zero attached hydrogens (tertiary/aromatic N) is 2. The van der Waals surface area contributed by atoms with E-state index < -0.39 is 6.04 Å². The van der Waals surface area contributed by atoms with E-state index in [0.717, 1.165) is 0 Å². The first-order chi connectivity index (χ1) is 6.13. The van der Waals surface area contributed by atoms with Crippen molar-refractivity contribution in [3.8, 4) is 6.07 Å². The maximum absolute atomic E-state index is 11.3. The number of halogens is 1. The summed E-state index contributed by atoms with van der Waals surface area (Å²) in [4.78, 5) is 15.2. The second-order valence-corrected chi connectivity index (χ2v) is 3.97. The summed E-state index contributed by atoms with van der Waals surface area (Å²) in [6, 6.07) is 1.41. The highest BCUT2D eigenvalue weighted by Crippen LogP contribution is 2.14. The van der Waals surface area contributed by atoms with Crippen LogP contribution in [0.1, 0.15) is 16.7 Å². The Hall–Kier alpha value is -0.930. The third-order valence-electron chi connectivity index (χ3n) is 1.21. The summed E-state index contributed by atoms with van der Waals surface area (Å²) in [5.41, 5.74) is 0. The molecule has 1 unspecified atom stereocenters. The van der Waals surface area contributed by atoms with Crippen LogP contribution in [0.4, 0.5) is 0 Å². The lowest BCUT2D eigenvalue weighted by Crippen LogP contribution is -2.31. The number of hydrogen-bond acceptors (Lipinski definition) is 4. The normalized spacial score (nSPS) is 11.8.